The molecule has 0 N–H and O–H groups in total. The third-order valence-electron chi connectivity index (χ3n) is 4.12. The fourth-order valence-electron chi connectivity index (χ4n) is 2.70. The van der Waals surface area contributed by atoms with Crippen molar-refractivity contribution in [3.05, 3.63) is 35.1 Å². The van der Waals surface area contributed by atoms with Gasteiger partial charge in [-0.2, -0.15) is 0 Å². The number of benzene rings is 1. The number of halogens is 3. The Bertz CT molecular complexity index is 631. The predicted molar refractivity (Wildman–Crippen MR) is 80.0 cm³/mol. The molecule has 1 heterocycles. The first-order valence-corrected chi connectivity index (χ1v) is 7.69. The lowest BCUT2D eigenvalue weighted by molar-refractivity contribution is 0.0598. The molecule has 8 heteroatoms. The summed E-state index contributed by atoms with van der Waals surface area (Å²) in [7, 11) is 1.48. The Morgan fingerprint density at radius 1 is 1.21 bits per heavy atom. The zero-order valence-corrected chi connectivity index (χ0v) is 13.5. The molecule has 0 saturated carbocycles. The van der Waals surface area contributed by atoms with Crippen LogP contribution < -0.4 is 0 Å². The molecule has 0 bridgehead atoms. The van der Waals surface area contributed by atoms with Crippen LogP contribution in [0.4, 0.5) is 18.0 Å². The highest BCUT2D eigenvalue weighted by atomic mass is 19.2. The quantitative estimate of drug-likeness (QED) is 0.793. The van der Waals surface area contributed by atoms with Crippen molar-refractivity contribution in [1.82, 2.24) is 9.80 Å². The number of likely N-dealkylation sites (tertiary alicyclic amines) is 1. The minimum absolute atomic E-state index is 0.226. The van der Waals surface area contributed by atoms with E-state index in [1.165, 1.54) is 16.8 Å². The van der Waals surface area contributed by atoms with Gasteiger partial charge in [0, 0.05) is 26.2 Å². The number of nitrogens with zero attached hydrogens (tertiary/aromatic N) is 2. The first-order valence-electron chi connectivity index (χ1n) is 7.69. The van der Waals surface area contributed by atoms with Crippen LogP contribution in [0, 0.1) is 17.5 Å². The molecule has 0 aliphatic carbocycles. The highest BCUT2D eigenvalue weighted by Gasteiger charge is 2.30. The molecule has 0 radical (unpaired) electrons. The number of ether oxygens (including phenoxy) is 1. The zero-order valence-electron chi connectivity index (χ0n) is 13.5. The largest absolute Gasteiger partial charge is 0.450 e. The van der Waals surface area contributed by atoms with Crippen LogP contribution in [0.1, 0.15) is 30.1 Å². The first kappa shape index (κ1) is 18.1. The van der Waals surface area contributed by atoms with E-state index in [1.807, 2.05) is 0 Å². The monoisotopic (exact) mass is 344 g/mol. The van der Waals surface area contributed by atoms with Gasteiger partial charge in [-0.05, 0) is 31.9 Å². The van der Waals surface area contributed by atoms with Gasteiger partial charge in [0.2, 0.25) is 0 Å². The number of hydrogen-bond acceptors (Lipinski definition) is 3. The summed E-state index contributed by atoms with van der Waals surface area (Å²) in [6, 6.07) is 1.43. The molecule has 24 heavy (non-hydrogen) atoms. The van der Waals surface area contributed by atoms with Gasteiger partial charge in [0.05, 0.1) is 12.2 Å². The lowest BCUT2D eigenvalue weighted by atomic mass is 10.0. The molecule has 0 unspecified atom stereocenters. The average molecular weight is 344 g/mol. The lowest BCUT2D eigenvalue weighted by Gasteiger charge is -2.36. The van der Waals surface area contributed by atoms with Gasteiger partial charge in [0.1, 0.15) is 0 Å². The normalized spacial score (nSPS) is 15.3. The van der Waals surface area contributed by atoms with Gasteiger partial charge >= 0.3 is 6.09 Å². The van der Waals surface area contributed by atoms with Crippen LogP contribution in [-0.4, -0.2) is 54.6 Å². The Labute approximate surface area is 138 Å². The summed E-state index contributed by atoms with van der Waals surface area (Å²) in [5.41, 5.74) is -0.510. The van der Waals surface area contributed by atoms with Crippen LogP contribution in [0.2, 0.25) is 0 Å². The van der Waals surface area contributed by atoms with E-state index in [4.69, 9.17) is 4.74 Å². The summed E-state index contributed by atoms with van der Waals surface area (Å²) in [6.45, 7) is 2.81. The van der Waals surface area contributed by atoms with Crippen LogP contribution in [-0.2, 0) is 4.74 Å². The van der Waals surface area contributed by atoms with Gasteiger partial charge < -0.3 is 14.5 Å². The summed E-state index contributed by atoms with van der Waals surface area (Å²) in [6.07, 6.45) is 0.579. The highest BCUT2D eigenvalue weighted by molar-refractivity contribution is 5.94. The number of piperidine rings is 1. The van der Waals surface area contributed by atoms with Crippen molar-refractivity contribution in [1.29, 1.82) is 0 Å². The third-order valence-corrected chi connectivity index (χ3v) is 4.12. The molecule has 1 aliphatic heterocycles. The van der Waals surface area contributed by atoms with Crippen LogP contribution in [0.3, 0.4) is 0 Å². The Hall–Kier alpha value is -2.25. The maximum Gasteiger partial charge on any atom is 0.409 e. The van der Waals surface area contributed by atoms with Crippen LogP contribution in [0.25, 0.3) is 0 Å². The van der Waals surface area contributed by atoms with Crippen molar-refractivity contribution in [3.63, 3.8) is 0 Å². The molecule has 0 spiro atoms. The number of rotatable bonds is 3. The molecule has 1 fully saturated rings. The maximum absolute atomic E-state index is 13.8. The highest BCUT2D eigenvalue weighted by Crippen LogP contribution is 2.21. The van der Waals surface area contributed by atoms with Crippen molar-refractivity contribution in [2.45, 2.75) is 25.8 Å². The molecule has 0 aromatic heterocycles. The number of carbonyl (C=O) groups excluding carboxylic acids is 2. The second kappa shape index (κ2) is 7.55. The number of amides is 2. The average Bonchev–Trinajstić information content (AvgIpc) is 2.59. The van der Waals surface area contributed by atoms with Crippen molar-refractivity contribution >= 4 is 12.0 Å². The smallest absolute Gasteiger partial charge is 0.409 e. The minimum Gasteiger partial charge on any atom is -0.450 e. The van der Waals surface area contributed by atoms with Gasteiger partial charge in [-0.3, -0.25) is 4.79 Å². The molecule has 0 atom stereocenters. The Balaban J connectivity index is 2.03. The molecular weight excluding hydrogens is 325 g/mol. The Morgan fingerprint density at radius 2 is 1.83 bits per heavy atom. The maximum atomic E-state index is 13.8. The molecule has 1 aromatic carbocycles. The van der Waals surface area contributed by atoms with E-state index in [0.717, 1.165) is 12.1 Å². The van der Waals surface area contributed by atoms with Crippen LogP contribution >= 0.6 is 0 Å². The van der Waals surface area contributed by atoms with E-state index < -0.39 is 35.0 Å². The van der Waals surface area contributed by atoms with Gasteiger partial charge in [-0.1, -0.05) is 0 Å². The molecular formula is C16H19F3N2O3. The van der Waals surface area contributed by atoms with Gasteiger partial charge in [0.25, 0.3) is 5.91 Å². The fraction of sp³-hybridized carbons (Fsp3) is 0.500. The summed E-state index contributed by atoms with van der Waals surface area (Å²) in [5.74, 6) is -5.21. The summed E-state index contributed by atoms with van der Waals surface area (Å²) < 4.78 is 44.9. The molecule has 1 aromatic rings. The Kier molecular flexibility index (Phi) is 5.69. The predicted octanol–water partition coefficient (Wildman–Crippen LogP) is 2.80. The van der Waals surface area contributed by atoms with Gasteiger partial charge in [0.15, 0.2) is 17.5 Å². The van der Waals surface area contributed by atoms with Crippen molar-refractivity contribution < 1.29 is 27.5 Å². The summed E-state index contributed by atoms with van der Waals surface area (Å²) in [4.78, 5) is 26.8. The van der Waals surface area contributed by atoms with E-state index in [1.54, 1.807) is 6.92 Å². The van der Waals surface area contributed by atoms with E-state index in [2.05, 4.69) is 0 Å². The lowest BCUT2D eigenvalue weighted by Crippen LogP contribution is -2.47. The van der Waals surface area contributed by atoms with E-state index >= 15 is 0 Å². The third kappa shape index (κ3) is 3.63. The van der Waals surface area contributed by atoms with E-state index in [9.17, 15) is 22.8 Å². The second-order valence-electron chi connectivity index (χ2n) is 5.56. The van der Waals surface area contributed by atoms with Crippen LogP contribution in [0.15, 0.2) is 12.1 Å². The van der Waals surface area contributed by atoms with E-state index in [0.29, 0.717) is 25.9 Å². The molecule has 5 nitrogen and oxygen atoms in total. The minimum atomic E-state index is -1.66. The summed E-state index contributed by atoms with van der Waals surface area (Å²) >= 11 is 0. The summed E-state index contributed by atoms with van der Waals surface area (Å²) in [5, 5.41) is 0. The van der Waals surface area contributed by atoms with Crippen LogP contribution in [0.5, 0.6) is 0 Å². The Morgan fingerprint density at radius 3 is 2.42 bits per heavy atom. The van der Waals surface area contributed by atoms with Gasteiger partial charge in [-0.15, -0.1) is 0 Å². The molecule has 1 saturated heterocycles. The molecule has 2 amide bonds. The number of hydrogen-bond donors (Lipinski definition) is 0. The topological polar surface area (TPSA) is 49.9 Å². The van der Waals surface area contributed by atoms with Crippen molar-refractivity contribution in [2.75, 3.05) is 26.7 Å². The SMILES string of the molecule is CCOC(=O)N1CCC(N(C)C(=O)c2ccc(F)c(F)c2F)CC1. The number of carbonyl (C=O) groups is 2. The second-order valence-corrected chi connectivity index (χ2v) is 5.56. The molecule has 132 valence electrons. The van der Waals surface area contributed by atoms with Crippen molar-refractivity contribution in [3.8, 4) is 0 Å². The fourth-order valence-corrected chi connectivity index (χ4v) is 2.70. The van der Waals surface area contributed by atoms with Crippen molar-refractivity contribution in [2.24, 2.45) is 0 Å². The van der Waals surface area contributed by atoms with E-state index in [-0.39, 0.29) is 12.6 Å². The molecule has 2 rings (SSSR count). The standard InChI is InChI=1S/C16H19F3N2O3/c1-3-24-16(23)21-8-6-10(7-9-21)20(2)15(22)11-4-5-12(17)14(19)13(11)18/h4-5,10H,3,6-9H2,1-2H3. The zero-order chi connectivity index (χ0) is 17.9. The van der Waals surface area contributed by atoms with Gasteiger partial charge in [-0.25, -0.2) is 18.0 Å². The molecule has 1 aliphatic rings. The first-order chi connectivity index (χ1) is 11.4.